The fraction of sp³-hybridized carbons (Fsp3) is 0.348. The molecule has 0 saturated carbocycles. The van der Waals surface area contributed by atoms with Gasteiger partial charge in [-0.1, -0.05) is 36.4 Å². The Morgan fingerprint density at radius 3 is 2.67 bits per heavy atom. The van der Waals surface area contributed by atoms with Gasteiger partial charge in [-0.05, 0) is 55.6 Å². The number of likely N-dealkylation sites (tertiary alicyclic amines) is 1. The van der Waals surface area contributed by atoms with E-state index in [4.69, 9.17) is 4.74 Å². The van der Waals surface area contributed by atoms with E-state index in [2.05, 4.69) is 29.2 Å². The summed E-state index contributed by atoms with van der Waals surface area (Å²) < 4.78 is 6.56. The highest BCUT2D eigenvalue weighted by Crippen LogP contribution is 2.39. The topological polar surface area (TPSA) is 32.8 Å². The van der Waals surface area contributed by atoms with Crippen LogP contribution in [0.15, 0.2) is 60.8 Å². The second-order valence-electron chi connectivity index (χ2n) is 7.60. The van der Waals surface area contributed by atoms with E-state index in [-0.39, 0.29) is 12.0 Å². The number of nitrogens with zero attached hydrogens (tertiary/aromatic N) is 2. The van der Waals surface area contributed by atoms with Crippen LogP contribution >= 0.6 is 0 Å². The number of anilines is 1. The second-order valence-corrected chi connectivity index (χ2v) is 7.60. The van der Waals surface area contributed by atoms with Gasteiger partial charge in [0.2, 0.25) is 5.91 Å². The zero-order valence-corrected chi connectivity index (χ0v) is 15.4. The molecule has 0 bridgehead atoms. The fourth-order valence-electron chi connectivity index (χ4n) is 4.60. The first-order valence-electron chi connectivity index (χ1n) is 9.87. The molecule has 5 rings (SSSR count). The predicted molar refractivity (Wildman–Crippen MR) is 106 cm³/mol. The van der Waals surface area contributed by atoms with E-state index < -0.39 is 0 Å². The Morgan fingerprint density at radius 1 is 1.00 bits per heavy atom. The molecule has 2 aromatic carbocycles. The molecule has 1 fully saturated rings. The number of hydrogen-bond donors (Lipinski definition) is 0. The molecule has 0 N–H and O–H groups in total. The average molecular weight is 360 g/mol. The van der Waals surface area contributed by atoms with Gasteiger partial charge < -0.3 is 4.74 Å². The summed E-state index contributed by atoms with van der Waals surface area (Å²) in [5.41, 5.74) is 3.57. The molecule has 3 aliphatic rings. The van der Waals surface area contributed by atoms with Crippen LogP contribution in [-0.2, 0) is 11.2 Å². The third-order valence-electron chi connectivity index (χ3n) is 5.92. The summed E-state index contributed by atoms with van der Waals surface area (Å²) in [5, 5.41) is 0. The Bertz CT molecular complexity index is 885. The van der Waals surface area contributed by atoms with Gasteiger partial charge in [0.1, 0.15) is 11.9 Å². The average Bonchev–Trinajstić information content (AvgIpc) is 3.42. The Morgan fingerprint density at radius 2 is 1.85 bits per heavy atom. The lowest BCUT2D eigenvalue weighted by Gasteiger charge is -2.30. The van der Waals surface area contributed by atoms with Crippen molar-refractivity contribution in [1.29, 1.82) is 0 Å². The van der Waals surface area contributed by atoms with Crippen LogP contribution in [0.3, 0.4) is 0 Å². The Hall–Kier alpha value is -2.59. The first kappa shape index (κ1) is 16.6. The minimum absolute atomic E-state index is 0.0411. The summed E-state index contributed by atoms with van der Waals surface area (Å²) in [7, 11) is 0. The van der Waals surface area contributed by atoms with Crippen LogP contribution in [0.2, 0.25) is 0 Å². The molecule has 1 amide bonds. The molecule has 1 saturated heterocycles. The van der Waals surface area contributed by atoms with E-state index in [9.17, 15) is 4.79 Å². The van der Waals surface area contributed by atoms with Crippen molar-refractivity contribution in [3.05, 3.63) is 71.9 Å². The molecule has 2 heterocycles. The summed E-state index contributed by atoms with van der Waals surface area (Å²) in [6.07, 6.45) is 7.86. The van der Waals surface area contributed by atoms with Gasteiger partial charge in [-0.25, -0.2) is 0 Å². The molecule has 2 aromatic rings. The zero-order chi connectivity index (χ0) is 18.2. The largest absolute Gasteiger partial charge is 0.484 e. The highest BCUT2D eigenvalue weighted by Gasteiger charge is 2.38. The number of fused-ring (bicyclic) bond motifs is 1. The van der Waals surface area contributed by atoms with Gasteiger partial charge >= 0.3 is 0 Å². The first-order valence-corrected chi connectivity index (χ1v) is 9.87. The summed E-state index contributed by atoms with van der Waals surface area (Å²) in [6.45, 7) is 2.32. The Labute approximate surface area is 160 Å². The number of rotatable bonds is 4. The second kappa shape index (κ2) is 6.86. The normalized spacial score (nSPS) is 24.6. The van der Waals surface area contributed by atoms with Crippen molar-refractivity contribution in [2.75, 3.05) is 18.0 Å². The Kier molecular flexibility index (Phi) is 4.21. The van der Waals surface area contributed by atoms with E-state index in [1.165, 1.54) is 24.0 Å². The maximum absolute atomic E-state index is 12.0. The highest BCUT2D eigenvalue weighted by atomic mass is 16.5. The van der Waals surface area contributed by atoms with Crippen LogP contribution in [0.1, 0.15) is 36.5 Å². The van der Waals surface area contributed by atoms with Crippen molar-refractivity contribution in [3.63, 3.8) is 0 Å². The van der Waals surface area contributed by atoms with Gasteiger partial charge in [0.25, 0.3) is 0 Å². The van der Waals surface area contributed by atoms with Crippen LogP contribution in [-0.4, -0.2) is 29.9 Å². The number of carbonyl (C=O) groups is 1. The number of carbonyl (C=O) groups excluding carboxylic acids is 1. The molecule has 0 radical (unpaired) electrons. The van der Waals surface area contributed by atoms with Gasteiger partial charge in [-0.2, -0.15) is 0 Å². The van der Waals surface area contributed by atoms with Crippen molar-refractivity contribution < 1.29 is 9.53 Å². The first-order chi connectivity index (χ1) is 13.3. The number of hydrogen-bond acceptors (Lipinski definition) is 3. The Balaban J connectivity index is 1.44. The summed E-state index contributed by atoms with van der Waals surface area (Å²) in [4.78, 5) is 16.3. The van der Waals surface area contributed by atoms with Crippen molar-refractivity contribution in [2.24, 2.45) is 0 Å². The molecule has 0 spiro atoms. The van der Waals surface area contributed by atoms with E-state index in [0.717, 1.165) is 30.9 Å². The predicted octanol–water partition coefficient (Wildman–Crippen LogP) is 4.08. The molecule has 4 nitrogen and oxygen atoms in total. The fourth-order valence-corrected chi connectivity index (χ4v) is 4.60. The lowest BCUT2D eigenvalue weighted by atomic mass is 10.1. The quantitative estimate of drug-likeness (QED) is 0.824. The van der Waals surface area contributed by atoms with Gasteiger partial charge in [-0.15, -0.1) is 0 Å². The molecule has 2 atom stereocenters. The highest BCUT2D eigenvalue weighted by molar-refractivity contribution is 5.98. The number of benzene rings is 2. The van der Waals surface area contributed by atoms with E-state index >= 15 is 0 Å². The van der Waals surface area contributed by atoms with Crippen LogP contribution < -0.4 is 9.64 Å². The van der Waals surface area contributed by atoms with Gasteiger partial charge in [0, 0.05) is 18.7 Å². The van der Waals surface area contributed by atoms with E-state index in [0.29, 0.717) is 12.5 Å². The maximum Gasteiger partial charge on any atom is 0.234 e. The van der Waals surface area contributed by atoms with Crippen molar-refractivity contribution in [3.8, 4) is 5.75 Å². The molecular weight excluding hydrogens is 336 g/mol. The SMILES string of the molecule is O=C1CC=CN1c1cccc(O[C@@H]2c3ccccc3C[C@H]2N2CCCC2)c1. The van der Waals surface area contributed by atoms with Crippen LogP contribution in [0, 0.1) is 0 Å². The summed E-state index contributed by atoms with van der Waals surface area (Å²) >= 11 is 0. The van der Waals surface area contributed by atoms with Crippen LogP contribution in [0.25, 0.3) is 0 Å². The van der Waals surface area contributed by atoms with Crippen LogP contribution in [0.5, 0.6) is 5.75 Å². The standard InChI is InChI=1S/C23H24N2O2/c26-22-11-6-14-25(22)18-8-5-9-19(16-18)27-23-20-10-2-1-7-17(20)15-21(23)24-12-3-4-13-24/h1-2,5-10,14,16,21,23H,3-4,11-13,15H2/t21-,23-/m1/s1. The lowest BCUT2D eigenvalue weighted by Crippen LogP contribution is -2.38. The minimum atomic E-state index is 0.0411. The third-order valence-corrected chi connectivity index (χ3v) is 5.92. The van der Waals surface area contributed by atoms with Gasteiger partial charge in [0.05, 0.1) is 11.7 Å². The molecule has 0 aromatic heterocycles. The van der Waals surface area contributed by atoms with Gasteiger partial charge in [-0.3, -0.25) is 14.6 Å². The molecular formula is C23H24N2O2. The molecule has 1 aliphatic carbocycles. The van der Waals surface area contributed by atoms with Crippen molar-refractivity contribution >= 4 is 11.6 Å². The number of amides is 1. The summed E-state index contributed by atoms with van der Waals surface area (Å²) in [6, 6.07) is 16.9. The van der Waals surface area contributed by atoms with Crippen molar-refractivity contribution in [2.45, 2.75) is 37.8 Å². The number of ether oxygens (including phenoxy) is 1. The van der Waals surface area contributed by atoms with Gasteiger partial charge in [0.15, 0.2) is 0 Å². The molecule has 0 unspecified atom stereocenters. The van der Waals surface area contributed by atoms with E-state index in [1.807, 2.05) is 36.5 Å². The lowest BCUT2D eigenvalue weighted by molar-refractivity contribution is -0.116. The smallest absolute Gasteiger partial charge is 0.234 e. The molecule has 138 valence electrons. The van der Waals surface area contributed by atoms with Crippen molar-refractivity contribution in [1.82, 2.24) is 4.90 Å². The molecule has 4 heteroatoms. The van der Waals surface area contributed by atoms with Crippen LogP contribution in [0.4, 0.5) is 5.69 Å². The molecule has 27 heavy (non-hydrogen) atoms. The zero-order valence-electron chi connectivity index (χ0n) is 15.4. The van der Waals surface area contributed by atoms with E-state index in [1.54, 1.807) is 4.90 Å². The molecule has 2 aliphatic heterocycles. The summed E-state index contributed by atoms with van der Waals surface area (Å²) in [5.74, 6) is 0.930. The minimum Gasteiger partial charge on any atom is -0.484 e. The third kappa shape index (κ3) is 3.04. The monoisotopic (exact) mass is 360 g/mol. The maximum atomic E-state index is 12.0.